The summed E-state index contributed by atoms with van der Waals surface area (Å²) in [6, 6.07) is 10.5. The van der Waals surface area contributed by atoms with Gasteiger partial charge in [-0.1, -0.05) is 30.3 Å². The zero-order valence-corrected chi connectivity index (χ0v) is 12.2. The minimum Gasteiger partial charge on any atom is -0.345 e. The fourth-order valence-corrected chi connectivity index (χ4v) is 2.60. The lowest BCUT2D eigenvalue weighted by atomic mass is 10.1. The highest BCUT2D eigenvalue weighted by molar-refractivity contribution is 5.85. The van der Waals surface area contributed by atoms with Gasteiger partial charge in [0.05, 0.1) is 0 Å². The molecule has 1 aliphatic carbocycles. The second-order valence-electron chi connectivity index (χ2n) is 5.27. The van der Waals surface area contributed by atoms with Crippen LogP contribution in [0.2, 0.25) is 0 Å². The molecular weight excluding hydrogens is 260 g/mol. The van der Waals surface area contributed by atoms with Crippen LogP contribution < -0.4 is 5.73 Å². The summed E-state index contributed by atoms with van der Waals surface area (Å²) < 4.78 is 0. The second-order valence-corrected chi connectivity index (χ2v) is 5.27. The number of hydrogen-bond donors (Lipinski definition) is 1. The zero-order valence-electron chi connectivity index (χ0n) is 11.4. The maximum Gasteiger partial charge on any atom is 0.225 e. The summed E-state index contributed by atoms with van der Waals surface area (Å²) in [5, 5.41) is 0. The molecule has 2 rings (SSSR count). The number of likely N-dealkylation sites (N-methyl/N-ethyl adjacent to an activating group) is 1. The van der Waals surface area contributed by atoms with Gasteiger partial charge < -0.3 is 10.6 Å². The number of carbonyl (C=O) groups is 1. The summed E-state index contributed by atoms with van der Waals surface area (Å²) in [6.07, 6.45) is 3.72. The highest BCUT2D eigenvalue weighted by Crippen LogP contribution is 2.25. The topological polar surface area (TPSA) is 46.3 Å². The van der Waals surface area contributed by atoms with Gasteiger partial charge >= 0.3 is 0 Å². The molecule has 0 aromatic heterocycles. The molecule has 1 aromatic carbocycles. The Hall–Kier alpha value is -1.06. The van der Waals surface area contributed by atoms with Gasteiger partial charge in [0.15, 0.2) is 0 Å². The van der Waals surface area contributed by atoms with Crippen LogP contribution in [0.3, 0.4) is 0 Å². The van der Waals surface area contributed by atoms with Crippen molar-refractivity contribution in [3.63, 3.8) is 0 Å². The number of amides is 1. The normalized spacial score (nSPS) is 21.8. The molecule has 4 heteroatoms. The Labute approximate surface area is 121 Å². The van der Waals surface area contributed by atoms with Gasteiger partial charge in [-0.05, 0) is 31.2 Å². The number of nitrogens with two attached hydrogens (primary N) is 1. The maximum atomic E-state index is 12.2. The third kappa shape index (κ3) is 4.51. The van der Waals surface area contributed by atoms with Crippen LogP contribution in [0.15, 0.2) is 30.3 Å². The van der Waals surface area contributed by atoms with Crippen molar-refractivity contribution in [2.24, 2.45) is 11.7 Å². The first kappa shape index (κ1) is 16.0. The molecule has 0 aliphatic heterocycles. The van der Waals surface area contributed by atoms with E-state index in [0.717, 1.165) is 32.2 Å². The molecule has 2 unspecified atom stereocenters. The summed E-state index contributed by atoms with van der Waals surface area (Å²) in [7, 11) is 1.90. The van der Waals surface area contributed by atoms with Crippen molar-refractivity contribution in [1.82, 2.24) is 4.90 Å². The molecule has 2 atom stereocenters. The molecule has 1 saturated carbocycles. The smallest absolute Gasteiger partial charge is 0.225 e. The van der Waals surface area contributed by atoms with E-state index >= 15 is 0 Å². The van der Waals surface area contributed by atoms with Crippen molar-refractivity contribution in [3.05, 3.63) is 35.9 Å². The van der Waals surface area contributed by atoms with Crippen molar-refractivity contribution < 1.29 is 4.79 Å². The molecular formula is C15H23ClN2O. The van der Waals surface area contributed by atoms with E-state index in [1.807, 2.05) is 30.1 Å². The number of nitrogens with zero attached hydrogens (tertiary/aromatic N) is 1. The largest absolute Gasteiger partial charge is 0.345 e. The Kier molecular flexibility index (Phi) is 6.32. The van der Waals surface area contributed by atoms with Crippen molar-refractivity contribution in [1.29, 1.82) is 0 Å². The Morgan fingerprint density at radius 1 is 1.32 bits per heavy atom. The lowest BCUT2D eigenvalue weighted by Gasteiger charge is -2.21. The van der Waals surface area contributed by atoms with Crippen LogP contribution in [0, 0.1) is 5.92 Å². The van der Waals surface area contributed by atoms with E-state index in [9.17, 15) is 4.79 Å². The average molecular weight is 283 g/mol. The van der Waals surface area contributed by atoms with Crippen LogP contribution >= 0.6 is 12.4 Å². The van der Waals surface area contributed by atoms with Gasteiger partial charge in [-0.15, -0.1) is 12.4 Å². The molecule has 0 saturated heterocycles. The number of hydrogen-bond acceptors (Lipinski definition) is 2. The SMILES string of the molecule is CN(CCc1ccccc1)C(=O)C1CCC(N)C1.Cl. The zero-order chi connectivity index (χ0) is 13.0. The molecule has 1 fully saturated rings. The van der Waals surface area contributed by atoms with Crippen LogP contribution in [0.1, 0.15) is 24.8 Å². The average Bonchev–Trinajstić information content (AvgIpc) is 2.83. The molecule has 1 aromatic rings. The molecule has 0 heterocycles. The van der Waals surface area contributed by atoms with Gasteiger partial charge in [0.25, 0.3) is 0 Å². The van der Waals surface area contributed by atoms with E-state index in [-0.39, 0.29) is 30.3 Å². The lowest BCUT2D eigenvalue weighted by Crippen LogP contribution is -2.34. The van der Waals surface area contributed by atoms with Crippen LogP contribution in [0.4, 0.5) is 0 Å². The molecule has 0 radical (unpaired) electrons. The van der Waals surface area contributed by atoms with Crippen LogP contribution in [0.5, 0.6) is 0 Å². The predicted molar refractivity (Wildman–Crippen MR) is 80.3 cm³/mol. The Morgan fingerprint density at radius 2 is 2.00 bits per heavy atom. The van der Waals surface area contributed by atoms with Gasteiger partial charge in [-0.25, -0.2) is 0 Å². The number of rotatable bonds is 4. The Bertz CT molecular complexity index is 396. The fraction of sp³-hybridized carbons (Fsp3) is 0.533. The van der Waals surface area contributed by atoms with E-state index in [1.54, 1.807) is 0 Å². The quantitative estimate of drug-likeness (QED) is 0.921. The Morgan fingerprint density at radius 3 is 2.58 bits per heavy atom. The first-order valence-corrected chi connectivity index (χ1v) is 6.71. The number of halogens is 1. The summed E-state index contributed by atoms with van der Waals surface area (Å²) in [5.74, 6) is 0.416. The van der Waals surface area contributed by atoms with E-state index in [4.69, 9.17) is 5.73 Å². The summed E-state index contributed by atoms with van der Waals surface area (Å²) in [6.45, 7) is 0.786. The first-order valence-electron chi connectivity index (χ1n) is 6.71. The van der Waals surface area contributed by atoms with Gasteiger partial charge in [0.2, 0.25) is 5.91 Å². The van der Waals surface area contributed by atoms with Crippen LogP contribution in [-0.2, 0) is 11.2 Å². The van der Waals surface area contributed by atoms with E-state index in [0.29, 0.717) is 0 Å². The second kappa shape index (κ2) is 7.51. The fourth-order valence-electron chi connectivity index (χ4n) is 2.60. The summed E-state index contributed by atoms with van der Waals surface area (Å²) in [4.78, 5) is 14.0. The molecule has 3 nitrogen and oxygen atoms in total. The van der Waals surface area contributed by atoms with Crippen molar-refractivity contribution in [2.75, 3.05) is 13.6 Å². The molecule has 1 amide bonds. The Balaban J connectivity index is 0.00000180. The molecule has 2 N–H and O–H groups in total. The lowest BCUT2D eigenvalue weighted by molar-refractivity contribution is -0.134. The number of carbonyl (C=O) groups excluding carboxylic acids is 1. The van der Waals surface area contributed by atoms with Gasteiger partial charge in [0.1, 0.15) is 0 Å². The summed E-state index contributed by atoms with van der Waals surface area (Å²) >= 11 is 0. The van der Waals surface area contributed by atoms with Crippen molar-refractivity contribution >= 4 is 18.3 Å². The highest BCUT2D eigenvalue weighted by atomic mass is 35.5. The number of benzene rings is 1. The predicted octanol–water partition coefficient (Wildman–Crippen LogP) is 2.24. The van der Waals surface area contributed by atoms with Gasteiger partial charge in [-0.2, -0.15) is 0 Å². The minimum atomic E-state index is 0. The standard InChI is InChI=1S/C15H22N2O.ClH/c1-17(10-9-12-5-3-2-4-6-12)15(18)13-7-8-14(16)11-13;/h2-6,13-14H,7-11,16H2,1H3;1H. The third-order valence-electron chi connectivity index (χ3n) is 3.78. The van der Waals surface area contributed by atoms with E-state index < -0.39 is 0 Å². The molecule has 1 aliphatic rings. The maximum absolute atomic E-state index is 12.2. The third-order valence-corrected chi connectivity index (χ3v) is 3.78. The van der Waals surface area contributed by atoms with Crippen molar-refractivity contribution in [2.45, 2.75) is 31.7 Å². The van der Waals surface area contributed by atoms with Crippen molar-refractivity contribution in [3.8, 4) is 0 Å². The van der Waals surface area contributed by atoms with E-state index in [1.165, 1.54) is 5.56 Å². The minimum absolute atomic E-state index is 0. The monoisotopic (exact) mass is 282 g/mol. The first-order chi connectivity index (χ1) is 8.66. The van der Waals surface area contributed by atoms with Gasteiger partial charge in [-0.3, -0.25) is 4.79 Å². The highest BCUT2D eigenvalue weighted by Gasteiger charge is 2.29. The molecule has 106 valence electrons. The van der Waals surface area contributed by atoms with E-state index in [2.05, 4.69) is 12.1 Å². The van der Waals surface area contributed by atoms with Crippen LogP contribution in [-0.4, -0.2) is 30.4 Å². The molecule has 19 heavy (non-hydrogen) atoms. The molecule has 0 bridgehead atoms. The molecule has 0 spiro atoms. The van der Waals surface area contributed by atoms with Crippen LogP contribution in [0.25, 0.3) is 0 Å². The summed E-state index contributed by atoms with van der Waals surface area (Å²) in [5.41, 5.74) is 7.14. The van der Waals surface area contributed by atoms with Gasteiger partial charge in [0, 0.05) is 25.6 Å².